The lowest BCUT2D eigenvalue weighted by molar-refractivity contribution is 0.0695. The van der Waals surface area contributed by atoms with Crippen LogP contribution in [0.15, 0.2) is 41.5 Å². The molecule has 1 aliphatic rings. The largest absolute Gasteiger partial charge is 0.477 e. The fourth-order valence-corrected chi connectivity index (χ4v) is 3.01. The van der Waals surface area contributed by atoms with Gasteiger partial charge in [0.15, 0.2) is 0 Å². The van der Waals surface area contributed by atoms with E-state index in [1.165, 1.54) is 12.4 Å². The van der Waals surface area contributed by atoms with Crippen molar-refractivity contribution in [3.05, 3.63) is 58.3 Å². The average Bonchev–Trinajstić information content (AvgIpc) is 3.39. The molecule has 4 rings (SSSR count). The molecule has 3 N–H and O–H groups in total. The van der Waals surface area contributed by atoms with Crippen LogP contribution in [0.5, 0.6) is 0 Å². The van der Waals surface area contributed by atoms with Gasteiger partial charge in [-0.25, -0.2) is 14.2 Å². The van der Waals surface area contributed by atoms with E-state index < -0.39 is 17.2 Å². The van der Waals surface area contributed by atoms with Crippen LogP contribution in [0.4, 0.5) is 10.2 Å². The second kappa shape index (κ2) is 5.41. The van der Waals surface area contributed by atoms with Crippen LogP contribution in [-0.4, -0.2) is 20.6 Å². The second-order valence-electron chi connectivity index (χ2n) is 6.13. The minimum atomic E-state index is -1.31. The van der Waals surface area contributed by atoms with Crippen LogP contribution in [0.3, 0.4) is 0 Å². The van der Waals surface area contributed by atoms with Crippen molar-refractivity contribution in [3.8, 4) is 11.1 Å². The molecule has 0 radical (unpaired) electrons. The lowest BCUT2D eigenvalue weighted by Crippen LogP contribution is -2.19. The van der Waals surface area contributed by atoms with Gasteiger partial charge in [-0.15, -0.1) is 0 Å². The Bertz CT molecular complexity index is 1090. The SMILES string of the molecule is Nc1cc(-c2cc3c(cc2F)c(=O)c(C(=O)O)cn3C2CC2)ccn1. The number of nitrogens with zero attached hydrogens (tertiary/aromatic N) is 2. The molecule has 1 aromatic carbocycles. The first-order chi connectivity index (χ1) is 12.0. The Morgan fingerprint density at radius 2 is 2.08 bits per heavy atom. The lowest BCUT2D eigenvalue weighted by atomic mass is 10.0. The summed E-state index contributed by atoms with van der Waals surface area (Å²) < 4.78 is 16.4. The van der Waals surface area contributed by atoms with Crippen molar-refractivity contribution in [1.82, 2.24) is 9.55 Å². The van der Waals surface area contributed by atoms with Crippen LogP contribution in [0.25, 0.3) is 22.0 Å². The van der Waals surface area contributed by atoms with Gasteiger partial charge in [0, 0.05) is 29.4 Å². The van der Waals surface area contributed by atoms with Crippen molar-refractivity contribution in [3.63, 3.8) is 0 Å². The summed E-state index contributed by atoms with van der Waals surface area (Å²) in [5.74, 6) is -1.66. The van der Waals surface area contributed by atoms with Crippen molar-refractivity contribution in [1.29, 1.82) is 0 Å². The van der Waals surface area contributed by atoms with Gasteiger partial charge in [0.05, 0.1) is 5.52 Å². The molecule has 0 saturated heterocycles. The molecule has 1 fully saturated rings. The van der Waals surface area contributed by atoms with Crippen molar-refractivity contribution >= 4 is 22.7 Å². The molecule has 0 bridgehead atoms. The van der Waals surface area contributed by atoms with Crippen LogP contribution in [0, 0.1) is 5.82 Å². The number of rotatable bonds is 3. The summed E-state index contributed by atoms with van der Waals surface area (Å²) in [6.07, 6.45) is 4.63. The number of carboxylic acids is 1. The number of nitrogens with two attached hydrogens (primary N) is 1. The van der Waals surface area contributed by atoms with Crippen LogP contribution >= 0.6 is 0 Å². The minimum Gasteiger partial charge on any atom is -0.477 e. The second-order valence-corrected chi connectivity index (χ2v) is 6.13. The van der Waals surface area contributed by atoms with Gasteiger partial charge in [-0.1, -0.05) is 0 Å². The molecule has 1 aliphatic carbocycles. The minimum absolute atomic E-state index is 0.0649. The Kier molecular flexibility index (Phi) is 3.31. The van der Waals surface area contributed by atoms with Crippen LogP contribution in [0.2, 0.25) is 0 Å². The first-order valence-corrected chi connectivity index (χ1v) is 7.79. The van der Waals surface area contributed by atoms with Gasteiger partial charge in [0.25, 0.3) is 0 Å². The highest BCUT2D eigenvalue weighted by Crippen LogP contribution is 2.38. The molecular weight excluding hydrogens is 325 g/mol. The highest BCUT2D eigenvalue weighted by Gasteiger charge is 2.27. The molecule has 6 nitrogen and oxygen atoms in total. The Morgan fingerprint density at radius 3 is 2.72 bits per heavy atom. The van der Waals surface area contributed by atoms with E-state index in [9.17, 15) is 19.1 Å². The van der Waals surface area contributed by atoms with Gasteiger partial charge in [0.2, 0.25) is 5.43 Å². The number of aromatic nitrogens is 2. The van der Waals surface area contributed by atoms with Gasteiger partial charge in [0.1, 0.15) is 17.2 Å². The number of aromatic carboxylic acids is 1. The molecule has 0 atom stereocenters. The monoisotopic (exact) mass is 339 g/mol. The van der Waals surface area contributed by atoms with Gasteiger partial charge in [-0.05, 0) is 42.7 Å². The Balaban J connectivity index is 2.05. The predicted octanol–water partition coefficient (Wildman–Crippen LogP) is 2.82. The zero-order valence-corrected chi connectivity index (χ0v) is 13.1. The topological polar surface area (TPSA) is 98.2 Å². The normalized spacial score (nSPS) is 14.0. The molecule has 2 aromatic heterocycles. The van der Waals surface area contributed by atoms with Crippen LogP contribution < -0.4 is 11.2 Å². The third-order valence-corrected chi connectivity index (χ3v) is 4.38. The summed E-state index contributed by atoms with van der Waals surface area (Å²) in [6, 6.07) is 5.99. The number of hydrogen-bond acceptors (Lipinski definition) is 4. The molecule has 2 heterocycles. The smallest absolute Gasteiger partial charge is 0.341 e. The third kappa shape index (κ3) is 2.53. The Morgan fingerprint density at radius 1 is 1.32 bits per heavy atom. The Labute approximate surface area is 141 Å². The number of fused-ring (bicyclic) bond motifs is 1. The summed E-state index contributed by atoms with van der Waals surface area (Å²) in [6.45, 7) is 0. The van der Waals surface area contributed by atoms with Crippen molar-refractivity contribution in [2.24, 2.45) is 0 Å². The van der Waals surface area contributed by atoms with E-state index in [-0.39, 0.29) is 22.8 Å². The quantitative estimate of drug-likeness (QED) is 0.764. The summed E-state index contributed by atoms with van der Waals surface area (Å²) in [7, 11) is 0. The van der Waals surface area contributed by atoms with Crippen LogP contribution in [0.1, 0.15) is 29.2 Å². The van der Waals surface area contributed by atoms with Crippen molar-refractivity contribution in [2.45, 2.75) is 18.9 Å². The zero-order valence-electron chi connectivity index (χ0n) is 13.1. The summed E-state index contributed by atoms with van der Waals surface area (Å²) in [4.78, 5) is 27.7. The number of hydrogen-bond donors (Lipinski definition) is 2. The number of nitrogen functional groups attached to an aromatic ring is 1. The van der Waals surface area contributed by atoms with Crippen LogP contribution in [-0.2, 0) is 0 Å². The maximum absolute atomic E-state index is 14.6. The van der Waals surface area contributed by atoms with E-state index in [1.807, 2.05) is 0 Å². The van der Waals surface area contributed by atoms with E-state index in [0.29, 0.717) is 16.6 Å². The van der Waals surface area contributed by atoms with Gasteiger partial charge < -0.3 is 15.4 Å². The van der Waals surface area contributed by atoms with Crippen molar-refractivity contribution < 1.29 is 14.3 Å². The first kappa shape index (κ1) is 15.3. The van der Waals surface area contributed by atoms with E-state index in [0.717, 1.165) is 18.9 Å². The lowest BCUT2D eigenvalue weighted by Gasteiger charge is -2.14. The fourth-order valence-electron chi connectivity index (χ4n) is 3.01. The van der Waals surface area contributed by atoms with Gasteiger partial charge in [-0.3, -0.25) is 4.79 Å². The van der Waals surface area contributed by atoms with E-state index in [4.69, 9.17) is 5.73 Å². The first-order valence-electron chi connectivity index (χ1n) is 7.79. The van der Waals surface area contributed by atoms with Gasteiger partial charge in [-0.2, -0.15) is 0 Å². The maximum atomic E-state index is 14.6. The molecule has 0 aliphatic heterocycles. The molecule has 126 valence electrons. The summed E-state index contributed by atoms with van der Waals surface area (Å²) in [5, 5.41) is 9.32. The molecule has 7 heteroatoms. The number of pyridine rings is 2. The fraction of sp³-hybridized carbons (Fsp3) is 0.167. The highest BCUT2D eigenvalue weighted by molar-refractivity contribution is 5.94. The summed E-state index contributed by atoms with van der Waals surface area (Å²) >= 11 is 0. The molecule has 0 amide bonds. The van der Waals surface area contributed by atoms with E-state index >= 15 is 0 Å². The molecular formula is C18H14FN3O3. The zero-order chi connectivity index (χ0) is 17.7. The number of anilines is 1. The Hall–Kier alpha value is -3.22. The average molecular weight is 339 g/mol. The molecule has 1 saturated carbocycles. The van der Waals surface area contributed by atoms with E-state index in [1.54, 1.807) is 22.8 Å². The number of carboxylic acid groups (broad SMARTS) is 1. The molecule has 0 unspecified atom stereocenters. The predicted molar refractivity (Wildman–Crippen MR) is 91.0 cm³/mol. The number of carbonyl (C=O) groups is 1. The van der Waals surface area contributed by atoms with Gasteiger partial charge >= 0.3 is 5.97 Å². The molecule has 0 spiro atoms. The number of benzene rings is 1. The van der Waals surface area contributed by atoms with Crippen molar-refractivity contribution in [2.75, 3.05) is 5.73 Å². The maximum Gasteiger partial charge on any atom is 0.341 e. The number of halogens is 1. The third-order valence-electron chi connectivity index (χ3n) is 4.38. The van der Waals surface area contributed by atoms with E-state index in [2.05, 4.69) is 4.98 Å². The molecule has 3 aromatic rings. The highest BCUT2D eigenvalue weighted by atomic mass is 19.1. The standard InChI is InChI=1S/C18H14FN3O3/c19-14-6-12-15(7-11(14)9-3-4-21-16(20)5-9)22(10-1-2-10)8-13(17(12)23)18(24)25/h3-8,10H,1-2H2,(H2,20,21)(H,24,25). The molecule has 25 heavy (non-hydrogen) atoms. The summed E-state index contributed by atoms with van der Waals surface area (Å²) in [5.41, 5.74) is 5.99.